The van der Waals surface area contributed by atoms with Crippen molar-refractivity contribution in [2.45, 2.75) is 216 Å². The number of aliphatic hydroxyl groups excluding tert-OH is 6. The average molecular weight is 1140 g/mol. The second-order valence-electron chi connectivity index (χ2n) is 21.0. The Morgan fingerprint density at radius 3 is 1.90 bits per heavy atom. The number of nitrogens with one attached hydrogen (secondary N) is 5. The second-order valence-corrected chi connectivity index (χ2v) is 22.1. The number of benzene rings is 1. The largest absolute Gasteiger partial charge is 0.504 e. The van der Waals surface area contributed by atoms with Crippen molar-refractivity contribution in [3.8, 4) is 11.5 Å². The summed E-state index contributed by atoms with van der Waals surface area (Å²) in [5, 5.41) is 89.3. The predicted molar refractivity (Wildman–Crippen MR) is 280 cm³/mol. The maximum absolute atomic E-state index is 14.6. The summed E-state index contributed by atoms with van der Waals surface area (Å²) < 4.78 is 36.6. The van der Waals surface area contributed by atoms with Gasteiger partial charge in [-0.1, -0.05) is 97.0 Å². The molecule has 0 bridgehead atoms. The van der Waals surface area contributed by atoms with Gasteiger partial charge in [-0.2, -0.15) is 8.42 Å². The number of hydrogen-bond donors (Lipinski definition) is 14. The van der Waals surface area contributed by atoms with E-state index in [1.165, 1.54) is 51.9 Å². The number of aliphatic hydroxyl groups is 6. The summed E-state index contributed by atoms with van der Waals surface area (Å²) in [6, 6.07) is -8.65. The molecule has 1 aromatic carbocycles. The number of fused-ring (bicyclic) bond motifs is 2. The van der Waals surface area contributed by atoms with Gasteiger partial charge in [-0.3, -0.25) is 42.9 Å². The van der Waals surface area contributed by atoms with E-state index in [-0.39, 0.29) is 12.0 Å². The van der Waals surface area contributed by atoms with Gasteiger partial charge in [0.15, 0.2) is 11.5 Å². The van der Waals surface area contributed by atoms with Gasteiger partial charge in [0.2, 0.25) is 47.3 Å². The zero-order valence-electron chi connectivity index (χ0n) is 45.0. The minimum atomic E-state index is -5.22. The number of carbonyl (C=O) groups excluding carboxylic acids is 8. The molecule has 3 aliphatic heterocycles. The number of carbonyl (C=O) groups is 8. The average Bonchev–Trinajstić information content (AvgIpc) is 3.92. The van der Waals surface area contributed by atoms with E-state index in [1.807, 2.05) is 0 Å². The van der Waals surface area contributed by atoms with Gasteiger partial charge in [0, 0.05) is 38.3 Å². The lowest BCUT2D eigenvalue weighted by Gasteiger charge is -2.34. The normalized spacial score (nSPS) is 27.1. The molecule has 8 amide bonds. The van der Waals surface area contributed by atoms with Crippen LogP contribution in [0.4, 0.5) is 0 Å². The standard InChI is InChI=1S/C51H82N8O19S/c1-4-5-6-7-8-9-10-11-12-13-14-15-16-17-39(66)53-32-19-21-40(67)54-49(72)44-45(68)28(2)26-59(44)51(74)43(36(64)25-38(52)65)57-48(71)42(35(63)22-30-18-20-34(62)37(23-30)78-79(75,76)77)56-47(70)33-24-31(61)27-58(33)50(73)41(29(3)60)55-46(32)69/h18,20,23,28-29,31-33,35-36,40-45,60-64,67-68H,4-17,19,21-22,24-27H2,1-3H3,(H2,52,65)(H,53,66)(H,54,72)(H,55,69)(H,56,70)(H,57,71)(H,75,76,77). The number of phenols is 1. The Morgan fingerprint density at radius 2 is 1.32 bits per heavy atom. The van der Waals surface area contributed by atoms with Crippen LogP contribution in [0.25, 0.3) is 0 Å². The highest BCUT2D eigenvalue weighted by Crippen LogP contribution is 2.30. The van der Waals surface area contributed by atoms with Crippen LogP contribution in [0.1, 0.15) is 142 Å². The van der Waals surface area contributed by atoms with Gasteiger partial charge in [-0.25, -0.2) is 0 Å². The van der Waals surface area contributed by atoms with Crippen molar-refractivity contribution in [2.24, 2.45) is 11.7 Å². The minimum Gasteiger partial charge on any atom is -0.504 e. The Labute approximate surface area is 459 Å². The first-order valence-electron chi connectivity index (χ1n) is 27.2. The van der Waals surface area contributed by atoms with Crippen molar-refractivity contribution in [1.82, 2.24) is 36.4 Å². The zero-order valence-corrected chi connectivity index (χ0v) is 45.9. The lowest BCUT2D eigenvalue weighted by Crippen LogP contribution is -2.64. The third-order valence-electron chi connectivity index (χ3n) is 14.4. The van der Waals surface area contributed by atoms with Crippen LogP contribution < -0.4 is 36.5 Å². The van der Waals surface area contributed by atoms with Gasteiger partial charge in [-0.05, 0) is 43.9 Å². The molecule has 3 heterocycles. The summed E-state index contributed by atoms with van der Waals surface area (Å²) in [5.41, 5.74) is 5.24. The molecule has 0 spiro atoms. The Morgan fingerprint density at radius 1 is 0.747 bits per heavy atom. The van der Waals surface area contributed by atoms with Crippen LogP contribution >= 0.6 is 0 Å². The highest BCUT2D eigenvalue weighted by Gasteiger charge is 2.50. The summed E-state index contributed by atoms with van der Waals surface area (Å²) >= 11 is 0. The fraction of sp³-hybridized carbons (Fsp3) is 0.725. The van der Waals surface area contributed by atoms with Crippen LogP contribution in [-0.4, -0.2) is 192 Å². The SMILES string of the molecule is CCCCCCCCCCCCCCCC(=O)NC1CCC(O)NC(=O)C2C(O)C(C)CN2C(=O)C(C(O)CC(N)=O)NC(=O)C(C(O)Cc2ccc(O)c(OS(=O)(=O)O)c2)NC(=O)C2CC(O)CN2C(=O)C(C(C)O)NC1=O. The number of nitrogens with two attached hydrogens (primary N) is 1. The first-order chi connectivity index (χ1) is 37.2. The molecule has 446 valence electrons. The van der Waals surface area contributed by atoms with Crippen LogP contribution in [-0.2, 0) is 55.2 Å². The Kier molecular flexibility index (Phi) is 26.1. The Balaban J connectivity index is 1.69. The third-order valence-corrected chi connectivity index (χ3v) is 14.8. The van der Waals surface area contributed by atoms with Gasteiger partial charge < -0.3 is 82.0 Å². The van der Waals surface area contributed by atoms with Crippen molar-refractivity contribution < 1.29 is 91.3 Å². The van der Waals surface area contributed by atoms with Crippen LogP contribution in [0, 0.1) is 5.92 Å². The van der Waals surface area contributed by atoms with E-state index in [2.05, 4.69) is 37.7 Å². The van der Waals surface area contributed by atoms with Gasteiger partial charge in [0.05, 0.1) is 36.9 Å². The topological polar surface area (TPSA) is 434 Å². The van der Waals surface area contributed by atoms with Crippen molar-refractivity contribution in [3.63, 3.8) is 0 Å². The summed E-state index contributed by atoms with van der Waals surface area (Å²) in [7, 11) is -5.22. The molecule has 15 N–H and O–H groups in total. The van der Waals surface area contributed by atoms with E-state index in [0.717, 1.165) is 67.0 Å². The van der Waals surface area contributed by atoms with Crippen LogP contribution in [0.3, 0.4) is 0 Å². The molecule has 3 fully saturated rings. The number of primary amides is 1. The molecule has 13 unspecified atom stereocenters. The van der Waals surface area contributed by atoms with E-state index in [0.29, 0.717) is 6.42 Å². The van der Waals surface area contributed by atoms with Crippen molar-refractivity contribution >= 4 is 57.7 Å². The lowest BCUT2D eigenvalue weighted by molar-refractivity contribution is -0.148. The van der Waals surface area contributed by atoms with Crippen molar-refractivity contribution in [1.29, 1.82) is 0 Å². The molecule has 79 heavy (non-hydrogen) atoms. The first-order valence-corrected chi connectivity index (χ1v) is 28.6. The molecule has 0 aliphatic carbocycles. The molecule has 28 heteroatoms. The molecule has 4 rings (SSSR count). The molecular weight excluding hydrogens is 1060 g/mol. The monoisotopic (exact) mass is 1140 g/mol. The maximum atomic E-state index is 14.6. The summed E-state index contributed by atoms with van der Waals surface area (Å²) in [5.74, 6) is -11.7. The van der Waals surface area contributed by atoms with E-state index >= 15 is 0 Å². The van der Waals surface area contributed by atoms with Crippen LogP contribution in [0.5, 0.6) is 11.5 Å². The number of rotatable bonds is 24. The fourth-order valence-corrected chi connectivity index (χ4v) is 10.4. The van der Waals surface area contributed by atoms with Crippen molar-refractivity contribution in [3.05, 3.63) is 23.8 Å². The number of amides is 8. The lowest BCUT2D eigenvalue weighted by atomic mass is 9.98. The van der Waals surface area contributed by atoms with E-state index in [1.54, 1.807) is 0 Å². The second kappa shape index (κ2) is 31.3. The van der Waals surface area contributed by atoms with Crippen LogP contribution in [0.2, 0.25) is 0 Å². The number of nitrogens with zero attached hydrogens (tertiary/aromatic N) is 2. The summed E-state index contributed by atoms with van der Waals surface area (Å²) in [4.78, 5) is 113. The Hall–Kier alpha value is -5.75. The molecule has 0 saturated carbocycles. The minimum absolute atomic E-state index is 0.00964. The van der Waals surface area contributed by atoms with E-state index in [9.17, 15) is 87.1 Å². The van der Waals surface area contributed by atoms with Gasteiger partial charge in [-0.15, -0.1) is 0 Å². The highest BCUT2D eigenvalue weighted by atomic mass is 32.3. The van der Waals surface area contributed by atoms with Gasteiger partial charge in [0.25, 0.3) is 0 Å². The first kappa shape index (κ1) is 65.8. The molecular formula is C51H82N8O19S. The fourth-order valence-electron chi connectivity index (χ4n) is 10.0. The quantitative estimate of drug-likeness (QED) is 0.0390. The third kappa shape index (κ3) is 20.4. The molecule has 1 aromatic rings. The number of aromatic hydroxyl groups is 1. The molecule has 13 atom stereocenters. The number of unbranched alkanes of at least 4 members (excludes halogenated alkanes) is 12. The number of hydrogen-bond acceptors (Lipinski definition) is 18. The van der Waals surface area contributed by atoms with E-state index in [4.69, 9.17) is 5.73 Å². The smallest absolute Gasteiger partial charge is 0.446 e. The molecule has 0 aromatic heterocycles. The molecule has 27 nitrogen and oxygen atoms in total. The molecule has 3 saturated heterocycles. The van der Waals surface area contributed by atoms with Gasteiger partial charge in [0.1, 0.15) is 42.5 Å². The number of phenolic OH excluding ortho intramolecular Hbond substituents is 1. The Bertz CT molecular complexity index is 2360. The van der Waals surface area contributed by atoms with Crippen molar-refractivity contribution in [2.75, 3.05) is 13.1 Å². The van der Waals surface area contributed by atoms with Crippen LogP contribution in [0.15, 0.2) is 18.2 Å². The summed E-state index contributed by atoms with van der Waals surface area (Å²) in [6.45, 7) is 3.76. The maximum Gasteiger partial charge on any atom is 0.446 e. The highest BCUT2D eigenvalue weighted by molar-refractivity contribution is 7.81. The molecule has 3 aliphatic rings. The molecule has 0 radical (unpaired) electrons. The zero-order chi connectivity index (χ0) is 58.7. The predicted octanol–water partition coefficient (Wildman–Crippen LogP) is -2.09. The van der Waals surface area contributed by atoms with E-state index < -0.39 is 193 Å². The van der Waals surface area contributed by atoms with Gasteiger partial charge >= 0.3 is 10.4 Å². The summed E-state index contributed by atoms with van der Waals surface area (Å²) in [6.07, 6.45) is -0.348.